The molecule has 8 heteroatoms. The Kier molecular flexibility index (Phi) is 8.17. The Bertz CT molecular complexity index is 432. The summed E-state index contributed by atoms with van der Waals surface area (Å²) in [4.78, 5) is 12.0. The number of hydrogen-bond acceptors (Lipinski definition) is 4. The fourth-order valence-electron chi connectivity index (χ4n) is 2.14. The van der Waals surface area contributed by atoms with Gasteiger partial charge in [0.05, 0.1) is 11.2 Å². The molecule has 1 fully saturated rings. The number of nitrogens with zero attached hydrogens (tertiary/aromatic N) is 1. The highest BCUT2D eigenvalue weighted by atomic mass is 35.5. The third kappa shape index (κ3) is 5.73. The van der Waals surface area contributed by atoms with Gasteiger partial charge in [0.15, 0.2) is 0 Å². The number of carbonyl (C=O) groups is 1. The molecule has 0 radical (unpaired) electrons. The normalized spacial score (nSPS) is 18.1. The van der Waals surface area contributed by atoms with Crippen LogP contribution in [0.5, 0.6) is 0 Å². The molecule has 1 rings (SSSR count). The molecule has 3 N–H and O–H groups in total. The van der Waals surface area contributed by atoms with Gasteiger partial charge in [0.2, 0.25) is 15.9 Å². The summed E-state index contributed by atoms with van der Waals surface area (Å²) in [5.41, 5.74) is 5.00. The molecule has 0 bridgehead atoms. The summed E-state index contributed by atoms with van der Waals surface area (Å²) in [7, 11) is -3.12. The lowest BCUT2D eigenvalue weighted by Crippen LogP contribution is -2.51. The number of nitrogens with one attached hydrogen (secondary N) is 1. The summed E-state index contributed by atoms with van der Waals surface area (Å²) in [6.45, 7) is 6.74. The molecule has 0 saturated carbocycles. The first-order valence-corrected chi connectivity index (χ1v) is 8.82. The van der Waals surface area contributed by atoms with E-state index >= 15 is 0 Å². The van der Waals surface area contributed by atoms with Gasteiger partial charge < -0.3 is 11.1 Å². The van der Waals surface area contributed by atoms with E-state index in [0.29, 0.717) is 38.9 Å². The number of carbonyl (C=O) groups excluding carboxylic acids is 1. The van der Waals surface area contributed by atoms with Gasteiger partial charge in [-0.1, -0.05) is 6.92 Å². The average molecular weight is 342 g/mol. The topological polar surface area (TPSA) is 92.5 Å². The van der Waals surface area contributed by atoms with Crippen LogP contribution in [0.25, 0.3) is 0 Å². The largest absolute Gasteiger partial charge is 0.353 e. The monoisotopic (exact) mass is 341 g/mol. The van der Waals surface area contributed by atoms with E-state index in [9.17, 15) is 13.2 Å². The molecule has 0 unspecified atom stereocenters. The number of hydrogen-bond donors (Lipinski definition) is 2. The van der Waals surface area contributed by atoms with Crippen molar-refractivity contribution < 1.29 is 13.2 Å². The Labute approximate surface area is 134 Å². The minimum absolute atomic E-state index is 0. The minimum atomic E-state index is -3.12. The molecule has 1 aliphatic heterocycles. The lowest BCUT2D eigenvalue weighted by Gasteiger charge is -2.33. The summed E-state index contributed by atoms with van der Waals surface area (Å²) < 4.78 is 25.4. The van der Waals surface area contributed by atoms with Crippen molar-refractivity contribution >= 4 is 28.3 Å². The molecule has 1 amide bonds. The number of amides is 1. The Balaban J connectivity index is 0.00000400. The lowest BCUT2D eigenvalue weighted by molar-refractivity contribution is -0.129. The Morgan fingerprint density at radius 2 is 1.86 bits per heavy atom. The van der Waals surface area contributed by atoms with Crippen LogP contribution in [0.4, 0.5) is 0 Å². The molecule has 0 aromatic heterocycles. The second-order valence-corrected chi connectivity index (χ2v) is 8.14. The fraction of sp³-hybridized carbons (Fsp3) is 0.923. The van der Waals surface area contributed by atoms with Crippen LogP contribution in [0.3, 0.4) is 0 Å². The van der Waals surface area contributed by atoms with Crippen molar-refractivity contribution in [2.75, 3.05) is 25.4 Å². The van der Waals surface area contributed by atoms with Crippen molar-refractivity contribution in [2.24, 2.45) is 11.1 Å². The SMILES string of the molecule is CCCS(=O)(=O)N1CCC(NC(=O)C(C)(C)CN)CC1.Cl. The summed E-state index contributed by atoms with van der Waals surface area (Å²) in [6.07, 6.45) is 1.95. The van der Waals surface area contributed by atoms with Gasteiger partial charge in [-0.05, 0) is 33.1 Å². The summed E-state index contributed by atoms with van der Waals surface area (Å²) in [6, 6.07) is 0.0430. The maximum atomic E-state index is 12.0. The van der Waals surface area contributed by atoms with E-state index in [1.54, 1.807) is 0 Å². The standard InChI is InChI=1S/C13H27N3O3S.ClH/c1-4-9-20(18,19)16-7-5-11(6-8-16)15-12(17)13(2,3)10-14;/h11H,4-10,14H2,1-3H3,(H,15,17);1H. The van der Waals surface area contributed by atoms with Crippen LogP contribution in [-0.4, -0.2) is 50.1 Å². The predicted octanol–water partition coefficient (Wildman–Crippen LogP) is 0.714. The zero-order valence-corrected chi connectivity index (χ0v) is 14.7. The first kappa shape index (κ1) is 20.6. The smallest absolute Gasteiger partial charge is 0.227 e. The lowest BCUT2D eigenvalue weighted by atomic mass is 9.91. The van der Waals surface area contributed by atoms with E-state index < -0.39 is 15.4 Å². The second-order valence-electron chi connectivity index (χ2n) is 6.05. The zero-order chi connectivity index (χ0) is 15.4. The van der Waals surface area contributed by atoms with Crippen molar-refractivity contribution in [2.45, 2.75) is 46.1 Å². The van der Waals surface area contributed by atoms with Crippen molar-refractivity contribution in [1.29, 1.82) is 0 Å². The Morgan fingerprint density at radius 1 is 1.33 bits per heavy atom. The number of rotatable bonds is 6. The van der Waals surface area contributed by atoms with Crippen molar-refractivity contribution in [3.8, 4) is 0 Å². The van der Waals surface area contributed by atoms with Crippen LogP contribution >= 0.6 is 12.4 Å². The van der Waals surface area contributed by atoms with Crippen LogP contribution in [0, 0.1) is 5.41 Å². The van der Waals surface area contributed by atoms with Crippen molar-refractivity contribution in [3.63, 3.8) is 0 Å². The third-order valence-electron chi connectivity index (χ3n) is 3.77. The molecule has 0 aromatic rings. The van der Waals surface area contributed by atoms with E-state index in [4.69, 9.17) is 5.73 Å². The quantitative estimate of drug-likeness (QED) is 0.744. The van der Waals surface area contributed by atoms with Gasteiger partial charge in [-0.25, -0.2) is 12.7 Å². The molecular formula is C13H28ClN3O3S. The summed E-state index contributed by atoms with van der Waals surface area (Å²) in [5.74, 6) is 0.138. The highest BCUT2D eigenvalue weighted by Gasteiger charge is 2.31. The maximum absolute atomic E-state index is 12.0. The van der Waals surface area contributed by atoms with E-state index in [1.165, 1.54) is 4.31 Å². The third-order valence-corrected chi connectivity index (χ3v) is 5.85. The van der Waals surface area contributed by atoms with E-state index in [0.717, 1.165) is 0 Å². The van der Waals surface area contributed by atoms with Gasteiger partial charge in [0.1, 0.15) is 0 Å². The van der Waals surface area contributed by atoms with Crippen LogP contribution in [0.2, 0.25) is 0 Å². The number of nitrogens with two attached hydrogens (primary N) is 1. The van der Waals surface area contributed by atoms with Gasteiger partial charge >= 0.3 is 0 Å². The minimum Gasteiger partial charge on any atom is -0.353 e. The highest BCUT2D eigenvalue weighted by molar-refractivity contribution is 7.89. The highest BCUT2D eigenvalue weighted by Crippen LogP contribution is 2.18. The molecule has 0 spiro atoms. The molecule has 1 saturated heterocycles. The van der Waals surface area contributed by atoms with E-state index in [2.05, 4.69) is 5.32 Å². The summed E-state index contributed by atoms with van der Waals surface area (Å²) >= 11 is 0. The molecule has 126 valence electrons. The van der Waals surface area contributed by atoms with Crippen molar-refractivity contribution in [1.82, 2.24) is 9.62 Å². The molecule has 0 aromatic carbocycles. The second kappa shape index (κ2) is 8.31. The number of halogens is 1. The fourth-order valence-corrected chi connectivity index (χ4v) is 3.68. The Hall–Kier alpha value is -0.370. The van der Waals surface area contributed by atoms with E-state index in [1.807, 2.05) is 20.8 Å². The molecule has 0 aliphatic carbocycles. The van der Waals surface area contributed by atoms with Crippen molar-refractivity contribution in [3.05, 3.63) is 0 Å². The number of piperidine rings is 1. The van der Waals surface area contributed by atoms with Gasteiger partial charge in [-0.15, -0.1) is 12.4 Å². The molecular weight excluding hydrogens is 314 g/mol. The Morgan fingerprint density at radius 3 is 2.29 bits per heavy atom. The van der Waals surface area contributed by atoms with Crippen LogP contribution < -0.4 is 11.1 Å². The molecule has 0 atom stereocenters. The van der Waals surface area contributed by atoms with Gasteiger partial charge in [0.25, 0.3) is 0 Å². The van der Waals surface area contributed by atoms with Crippen LogP contribution in [0.15, 0.2) is 0 Å². The van der Waals surface area contributed by atoms with Crippen LogP contribution in [-0.2, 0) is 14.8 Å². The molecule has 21 heavy (non-hydrogen) atoms. The number of sulfonamides is 1. The molecule has 1 aliphatic rings. The van der Waals surface area contributed by atoms with E-state index in [-0.39, 0.29) is 30.1 Å². The zero-order valence-electron chi connectivity index (χ0n) is 13.1. The van der Waals surface area contributed by atoms with Gasteiger partial charge in [-0.3, -0.25) is 4.79 Å². The van der Waals surface area contributed by atoms with Crippen LogP contribution in [0.1, 0.15) is 40.0 Å². The van der Waals surface area contributed by atoms with Gasteiger partial charge in [0, 0.05) is 25.7 Å². The van der Waals surface area contributed by atoms with Gasteiger partial charge in [-0.2, -0.15) is 0 Å². The maximum Gasteiger partial charge on any atom is 0.227 e. The molecule has 6 nitrogen and oxygen atoms in total. The summed E-state index contributed by atoms with van der Waals surface area (Å²) in [5, 5.41) is 2.97. The first-order chi connectivity index (χ1) is 9.23. The predicted molar refractivity (Wildman–Crippen MR) is 86.9 cm³/mol. The first-order valence-electron chi connectivity index (χ1n) is 7.22. The average Bonchev–Trinajstić information content (AvgIpc) is 2.39. The molecule has 1 heterocycles.